The fourth-order valence-corrected chi connectivity index (χ4v) is 8.84. The molecule has 2 amide bonds. The maximum atomic E-state index is 12.5. The van der Waals surface area contributed by atoms with Crippen molar-refractivity contribution in [2.24, 2.45) is 17.6 Å². The number of carbonyl (C=O) groups is 4. The van der Waals surface area contributed by atoms with Gasteiger partial charge in [0.1, 0.15) is 0 Å². The van der Waals surface area contributed by atoms with Crippen LogP contribution in [0.3, 0.4) is 0 Å². The summed E-state index contributed by atoms with van der Waals surface area (Å²) in [5.41, 5.74) is 5.84. The molecule has 2 aromatic carbocycles. The van der Waals surface area contributed by atoms with Gasteiger partial charge in [0.15, 0.2) is 9.84 Å². The zero-order valence-electron chi connectivity index (χ0n) is 41.8. The van der Waals surface area contributed by atoms with E-state index in [2.05, 4.69) is 44.6 Å². The summed E-state index contributed by atoms with van der Waals surface area (Å²) in [7, 11) is 0.0819. The van der Waals surface area contributed by atoms with Crippen molar-refractivity contribution in [3.8, 4) is 0 Å². The van der Waals surface area contributed by atoms with Gasteiger partial charge >= 0.3 is 48.8 Å². The number of sulfone groups is 1. The van der Waals surface area contributed by atoms with Crippen LogP contribution in [0.15, 0.2) is 58.3 Å². The molecule has 16 nitrogen and oxygen atoms in total. The highest BCUT2D eigenvalue weighted by atomic mass is 35.7. The van der Waals surface area contributed by atoms with E-state index in [-0.39, 0.29) is 89.3 Å². The number of piperidine rings is 2. The molecule has 0 aliphatic carbocycles. The van der Waals surface area contributed by atoms with E-state index in [1.807, 2.05) is 0 Å². The van der Waals surface area contributed by atoms with Gasteiger partial charge in [-0.25, -0.2) is 36.0 Å². The second-order valence-electron chi connectivity index (χ2n) is 16.1. The molecule has 2 aromatic rings. The van der Waals surface area contributed by atoms with Gasteiger partial charge in [0.2, 0.25) is 0 Å². The number of ether oxygens (including phenoxy) is 4. The molecule has 2 aliphatic heterocycles. The number of esters is 2. The summed E-state index contributed by atoms with van der Waals surface area (Å²) in [5.74, 6) is -1.51. The molecular formula is C44H59Cl3F12N4O12S2. The SMILES string of the molecule is CCN(CC)CC.COC(=O)c1ccc(S(=O)(=O)CCC2CCN(C(=O)OC(C(F)(F)F)C(F)(F)F)CC2)cc1.COC(=O)c1ccc(S(=O)(=O)Cl)cc1.ClCCl.NCC1CCN(C(=O)OC(C(F)(F)F)C(F)(F)F)CC1. The summed E-state index contributed by atoms with van der Waals surface area (Å²) in [4.78, 5) is 49.4. The molecule has 0 atom stereocenters. The molecule has 0 bridgehead atoms. The van der Waals surface area contributed by atoms with Crippen molar-refractivity contribution in [2.75, 3.05) is 77.7 Å². The number of rotatable bonds is 13. The Morgan fingerprint density at radius 2 is 0.896 bits per heavy atom. The van der Waals surface area contributed by atoms with E-state index in [0.717, 1.165) is 9.80 Å². The van der Waals surface area contributed by atoms with Crippen LogP contribution in [0.25, 0.3) is 0 Å². The second kappa shape index (κ2) is 33.4. The number of carbonyl (C=O) groups excluding carboxylic acids is 4. The van der Waals surface area contributed by atoms with Crippen molar-refractivity contribution >= 4 is 76.9 Å². The van der Waals surface area contributed by atoms with E-state index < -0.39 is 79.9 Å². The predicted octanol–water partition coefficient (Wildman–Crippen LogP) is 10.4. The van der Waals surface area contributed by atoms with E-state index in [4.69, 9.17) is 39.6 Å². The van der Waals surface area contributed by atoms with Gasteiger partial charge in [0.05, 0.1) is 46.2 Å². The van der Waals surface area contributed by atoms with E-state index in [0.29, 0.717) is 19.4 Å². The lowest BCUT2D eigenvalue weighted by Crippen LogP contribution is -2.49. The number of benzene rings is 2. The van der Waals surface area contributed by atoms with Crippen LogP contribution in [0.4, 0.5) is 62.3 Å². The fourth-order valence-electron chi connectivity index (χ4n) is 6.64. The number of halogens is 15. The Labute approximate surface area is 452 Å². The highest BCUT2D eigenvalue weighted by Crippen LogP contribution is 2.38. The molecule has 33 heteroatoms. The highest BCUT2D eigenvalue weighted by molar-refractivity contribution is 8.13. The van der Waals surface area contributed by atoms with Gasteiger partial charge in [0.25, 0.3) is 21.3 Å². The molecule has 444 valence electrons. The van der Waals surface area contributed by atoms with E-state index in [1.54, 1.807) is 0 Å². The predicted molar refractivity (Wildman–Crippen MR) is 258 cm³/mol. The first-order valence-corrected chi connectivity index (χ1v) is 27.7. The van der Waals surface area contributed by atoms with E-state index >= 15 is 0 Å². The normalized spacial score (nSPS) is 14.9. The lowest BCUT2D eigenvalue weighted by molar-refractivity contribution is -0.309. The van der Waals surface area contributed by atoms with Crippen LogP contribution >= 0.6 is 33.9 Å². The number of nitrogens with two attached hydrogens (primary N) is 1. The summed E-state index contributed by atoms with van der Waals surface area (Å²) in [6.45, 7) is 10.2. The molecular weight excluding hydrogens is 1170 g/mol. The first-order valence-electron chi connectivity index (χ1n) is 22.7. The van der Waals surface area contributed by atoms with E-state index in [9.17, 15) is 88.7 Å². The Morgan fingerprint density at radius 1 is 0.597 bits per heavy atom. The molecule has 2 heterocycles. The third-order valence-electron chi connectivity index (χ3n) is 11.0. The van der Waals surface area contributed by atoms with Crippen LogP contribution in [0.2, 0.25) is 0 Å². The molecule has 2 saturated heterocycles. The van der Waals surface area contributed by atoms with Gasteiger partial charge in [-0.05, 0) is 119 Å². The number of hydrogen-bond acceptors (Lipinski definition) is 14. The highest BCUT2D eigenvalue weighted by Gasteiger charge is 2.61. The van der Waals surface area contributed by atoms with Gasteiger partial charge in [-0.2, -0.15) is 52.7 Å². The zero-order chi connectivity index (χ0) is 59.8. The molecule has 2 N–H and O–H groups in total. The number of hydrogen-bond donors (Lipinski definition) is 1. The van der Waals surface area contributed by atoms with E-state index in [1.165, 1.54) is 82.4 Å². The third-order valence-corrected chi connectivity index (χ3v) is 14.2. The maximum absolute atomic E-state index is 12.5. The lowest BCUT2D eigenvalue weighted by Gasteiger charge is -2.33. The minimum Gasteiger partial charge on any atom is -0.465 e. The van der Waals surface area contributed by atoms with Crippen molar-refractivity contribution < 1.29 is 108 Å². The van der Waals surface area contributed by atoms with Crippen LogP contribution in [0, 0.1) is 11.8 Å². The maximum Gasteiger partial charge on any atom is 0.434 e. The summed E-state index contributed by atoms with van der Waals surface area (Å²) in [6.07, 6.45) is -33.2. The largest absolute Gasteiger partial charge is 0.465 e. The minimum absolute atomic E-state index is 0.0125. The Morgan fingerprint density at radius 3 is 1.14 bits per heavy atom. The van der Waals surface area contributed by atoms with Gasteiger partial charge in [-0.15, -0.1) is 23.2 Å². The van der Waals surface area contributed by atoms with Crippen molar-refractivity contribution in [3.63, 3.8) is 0 Å². The van der Waals surface area contributed by atoms with Crippen molar-refractivity contribution in [1.82, 2.24) is 14.7 Å². The van der Waals surface area contributed by atoms with Crippen LogP contribution in [0.5, 0.6) is 0 Å². The summed E-state index contributed by atoms with van der Waals surface area (Å²) in [5, 5.41) is 0.194. The zero-order valence-corrected chi connectivity index (χ0v) is 45.7. The molecule has 0 aromatic heterocycles. The van der Waals surface area contributed by atoms with Crippen LogP contribution in [-0.2, 0) is 37.8 Å². The molecule has 0 spiro atoms. The molecule has 77 heavy (non-hydrogen) atoms. The van der Waals surface area contributed by atoms with Gasteiger partial charge < -0.3 is 39.4 Å². The Bertz CT molecular complexity index is 2280. The fraction of sp³-hybridized carbons (Fsp3) is 0.636. The van der Waals surface area contributed by atoms with Gasteiger partial charge in [-0.1, -0.05) is 20.8 Å². The first kappa shape index (κ1) is 72.8. The second-order valence-corrected chi connectivity index (χ2v) is 21.6. The summed E-state index contributed by atoms with van der Waals surface area (Å²) < 4.78 is 212. The van der Waals surface area contributed by atoms with Crippen molar-refractivity contribution in [3.05, 3.63) is 59.7 Å². The smallest absolute Gasteiger partial charge is 0.434 e. The third kappa shape index (κ3) is 27.0. The molecule has 0 unspecified atom stereocenters. The first-order chi connectivity index (χ1) is 35.4. The molecule has 2 aliphatic rings. The lowest BCUT2D eigenvalue weighted by atomic mass is 9.95. The summed E-state index contributed by atoms with van der Waals surface area (Å²) >= 11 is 9.53. The number of alkyl halides is 14. The molecule has 0 radical (unpaired) electrons. The molecule has 4 rings (SSSR count). The van der Waals surface area contributed by atoms with Crippen molar-refractivity contribution in [1.29, 1.82) is 0 Å². The van der Waals surface area contributed by atoms with Crippen LogP contribution in [0.1, 0.15) is 73.6 Å². The quantitative estimate of drug-likeness (QED) is 0.0651. The minimum atomic E-state index is -5.80. The Hall–Kier alpha value is -4.23. The average Bonchev–Trinajstić information content (AvgIpc) is 3.36. The standard InChI is InChI=1S/C19H21F6NO6S.C10H14F6N2O2.C8H7ClO4S.C6H15N.CH2Cl2/c1-31-15(27)13-2-4-14(5-3-13)33(29,30)11-8-12-6-9-26(10-7-12)17(28)32-16(18(20,21)22)19(23,24)25;11-9(12,13)7(10(14,15)16)20-8(19)18-3-1-6(5-17)2-4-18;1-13-8(10)6-2-4-7(5-3-6)14(9,11)12;1-4-7(5-2)6-3;2-1-3/h2-5,12,16H,6-11H2,1H3;6-7H,1-5,17H2;2-5H,1H3;4-6H2,1-3H3;1H2. The van der Waals surface area contributed by atoms with Crippen LogP contribution < -0.4 is 5.73 Å². The average molecular weight is 1230 g/mol. The molecule has 0 saturated carbocycles. The van der Waals surface area contributed by atoms with Crippen LogP contribution in [-0.4, -0.2) is 170 Å². The Balaban J connectivity index is 0.00000111. The monoisotopic (exact) mass is 1230 g/mol. The topological polar surface area (TPSA) is 209 Å². The van der Waals surface area contributed by atoms with Crippen molar-refractivity contribution in [2.45, 2.75) is 99.6 Å². The Kier molecular flexibility index (Phi) is 31.5. The van der Waals surface area contributed by atoms with Gasteiger partial charge in [0, 0.05) is 36.9 Å². The summed E-state index contributed by atoms with van der Waals surface area (Å²) in [6, 6.07) is 10.3. The number of amides is 2. The van der Waals surface area contributed by atoms with Gasteiger partial charge in [-0.3, -0.25) is 0 Å². The number of nitrogens with zero attached hydrogens (tertiary/aromatic N) is 3. The number of methoxy groups -OCH3 is 2. The molecule has 2 fully saturated rings. The number of likely N-dealkylation sites (tertiary alicyclic amines) is 2.